The molecule has 1 amide bonds. The summed E-state index contributed by atoms with van der Waals surface area (Å²) < 4.78 is 0. The molecule has 1 fully saturated rings. The molecule has 3 aromatic rings. The average Bonchev–Trinajstić information content (AvgIpc) is 3.43. The molecule has 4 rings (SSSR count). The van der Waals surface area contributed by atoms with E-state index in [0.717, 1.165) is 27.3 Å². The van der Waals surface area contributed by atoms with Gasteiger partial charge in [-0.3, -0.25) is 19.3 Å². The van der Waals surface area contributed by atoms with Crippen molar-refractivity contribution in [3.8, 4) is 0 Å². The minimum absolute atomic E-state index is 0.0263. The van der Waals surface area contributed by atoms with Gasteiger partial charge in [-0.05, 0) is 43.8 Å². The molecule has 3 heterocycles. The van der Waals surface area contributed by atoms with Gasteiger partial charge in [-0.2, -0.15) is 0 Å². The van der Waals surface area contributed by atoms with E-state index in [1.807, 2.05) is 43.5 Å². The summed E-state index contributed by atoms with van der Waals surface area (Å²) in [6.45, 7) is 6.88. The van der Waals surface area contributed by atoms with E-state index in [2.05, 4.69) is 4.98 Å². The van der Waals surface area contributed by atoms with Crippen molar-refractivity contribution in [2.75, 3.05) is 4.90 Å². The molecule has 2 aromatic heterocycles. The topological polar surface area (TPSA) is 87.6 Å². The van der Waals surface area contributed by atoms with Crippen molar-refractivity contribution >= 4 is 51.0 Å². The number of aromatic nitrogens is 1. The maximum atomic E-state index is 13.1. The zero-order valence-corrected chi connectivity index (χ0v) is 19.1. The molecule has 1 unspecified atom stereocenters. The van der Waals surface area contributed by atoms with Gasteiger partial charge in [-0.15, -0.1) is 11.3 Å². The summed E-state index contributed by atoms with van der Waals surface area (Å²) in [6, 6.07) is 8.41. The zero-order valence-electron chi connectivity index (χ0n) is 17.4. The lowest BCUT2D eigenvalue weighted by Gasteiger charge is -2.21. The van der Waals surface area contributed by atoms with Crippen LogP contribution in [-0.2, 0) is 9.59 Å². The summed E-state index contributed by atoms with van der Waals surface area (Å²) in [5.74, 6) is -1.90. The highest BCUT2D eigenvalue weighted by Crippen LogP contribution is 2.45. The lowest BCUT2D eigenvalue weighted by atomic mass is 9.96. The van der Waals surface area contributed by atoms with Gasteiger partial charge in [0.15, 0.2) is 10.9 Å². The van der Waals surface area contributed by atoms with Crippen LogP contribution in [0, 0.1) is 20.8 Å². The van der Waals surface area contributed by atoms with E-state index < -0.39 is 17.7 Å². The number of thiophene rings is 1. The number of aliphatic hydroxyl groups is 1. The van der Waals surface area contributed by atoms with Crippen LogP contribution >= 0.6 is 22.7 Å². The number of benzene rings is 1. The first-order chi connectivity index (χ1) is 14.7. The second kappa shape index (κ2) is 7.86. The number of aliphatic hydroxyl groups excluding tert-OH is 1. The molecule has 31 heavy (non-hydrogen) atoms. The molecule has 1 N–H and O–H groups in total. The molecule has 0 aliphatic carbocycles. The third-order valence-corrected chi connectivity index (χ3v) is 7.40. The standard InChI is InChI=1S/C23H20N2O4S2/c1-11-7-8-12(2)15(10-11)19(27)17-18(16-6-5-9-30-16)25(22(29)20(17)28)23-24-13(3)21(31-23)14(4)26/h5-10,18,27H,1-4H3. The fourth-order valence-electron chi connectivity index (χ4n) is 3.69. The number of thiazole rings is 1. The predicted octanol–water partition coefficient (Wildman–Crippen LogP) is 4.96. The Morgan fingerprint density at radius 2 is 1.90 bits per heavy atom. The van der Waals surface area contributed by atoms with Gasteiger partial charge >= 0.3 is 5.91 Å². The first-order valence-corrected chi connectivity index (χ1v) is 11.3. The highest BCUT2D eigenvalue weighted by atomic mass is 32.1. The Labute approximate surface area is 187 Å². The van der Waals surface area contributed by atoms with Crippen LogP contribution in [-0.4, -0.2) is 27.6 Å². The van der Waals surface area contributed by atoms with Crippen molar-refractivity contribution in [1.82, 2.24) is 4.98 Å². The summed E-state index contributed by atoms with van der Waals surface area (Å²) in [5, 5.41) is 13.3. The smallest absolute Gasteiger partial charge is 0.301 e. The van der Waals surface area contributed by atoms with Gasteiger partial charge in [0, 0.05) is 17.4 Å². The molecule has 0 saturated carbocycles. The molecule has 8 heteroatoms. The van der Waals surface area contributed by atoms with Crippen molar-refractivity contribution in [3.63, 3.8) is 0 Å². The van der Waals surface area contributed by atoms with Crippen molar-refractivity contribution in [2.45, 2.75) is 33.7 Å². The highest BCUT2D eigenvalue weighted by Gasteiger charge is 2.48. The minimum atomic E-state index is -0.815. The summed E-state index contributed by atoms with van der Waals surface area (Å²) in [4.78, 5) is 45.1. The van der Waals surface area contributed by atoms with Gasteiger partial charge in [0.1, 0.15) is 11.8 Å². The number of hydrogen-bond donors (Lipinski definition) is 1. The SMILES string of the molecule is CC(=O)c1sc(N2C(=O)C(=O)C(=C(O)c3cc(C)ccc3C)C2c2cccs2)nc1C. The van der Waals surface area contributed by atoms with Crippen LogP contribution in [0.15, 0.2) is 41.3 Å². The molecular formula is C23H20N2O4S2. The van der Waals surface area contributed by atoms with E-state index in [9.17, 15) is 19.5 Å². The third kappa shape index (κ3) is 3.51. The predicted molar refractivity (Wildman–Crippen MR) is 122 cm³/mol. The van der Waals surface area contributed by atoms with Gasteiger partial charge < -0.3 is 5.11 Å². The number of anilines is 1. The van der Waals surface area contributed by atoms with E-state index in [-0.39, 0.29) is 22.2 Å². The van der Waals surface area contributed by atoms with Crippen molar-refractivity contribution in [2.24, 2.45) is 0 Å². The normalized spacial score (nSPS) is 18.1. The van der Waals surface area contributed by atoms with Crippen LogP contribution in [0.3, 0.4) is 0 Å². The lowest BCUT2D eigenvalue weighted by molar-refractivity contribution is -0.132. The molecule has 1 aromatic carbocycles. The van der Waals surface area contributed by atoms with Gasteiger partial charge in [0.05, 0.1) is 16.1 Å². The number of amides is 1. The lowest BCUT2D eigenvalue weighted by Crippen LogP contribution is -2.29. The number of nitrogens with zero attached hydrogens (tertiary/aromatic N) is 2. The van der Waals surface area contributed by atoms with Crippen LogP contribution in [0.2, 0.25) is 0 Å². The number of ketones is 2. The largest absolute Gasteiger partial charge is 0.507 e. The third-order valence-electron chi connectivity index (χ3n) is 5.22. The van der Waals surface area contributed by atoms with Crippen LogP contribution in [0.4, 0.5) is 5.13 Å². The molecule has 1 saturated heterocycles. The summed E-state index contributed by atoms with van der Waals surface area (Å²) in [6.07, 6.45) is 0. The number of aryl methyl sites for hydroxylation is 3. The summed E-state index contributed by atoms with van der Waals surface area (Å²) in [5.41, 5.74) is 2.77. The molecule has 6 nitrogen and oxygen atoms in total. The Morgan fingerprint density at radius 1 is 1.16 bits per heavy atom. The van der Waals surface area contributed by atoms with E-state index in [1.54, 1.807) is 13.0 Å². The molecule has 1 atom stereocenters. The maximum absolute atomic E-state index is 13.1. The molecule has 0 spiro atoms. The fraction of sp³-hybridized carbons (Fsp3) is 0.217. The molecule has 158 valence electrons. The van der Waals surface area contributed by atoms with Crippen molar-refractivity contribution in [3.05, 3.63) is 73.4 Å². The first-order valence-electron chi connectivity index (χ1n) is 9.61. The maximum Gasteiger partial charge on any atom is 0.301 e. The van der Waals surface area contributed by atoms with Crippen LogP contribution in [0.1, 0.15) is 49.9 Å². The second-order valence-corrected chi connectivity index (χ2v) is 9.43. The number of carbonyl (C=O) groups excluding carboxylic acids is 3. The van der Waals surface area contributed by atoms with E-state index in [4.69, 9.17) is 0 Å². The number of rotatable bonds is 4. The molecule has 1 aliphatic rings. The summed E-state index contributed by atoms with van der Waals surface area (Å²) in [7, 11) is 0. The van der Waals surface area contributed by atoms with Gasteiger partial charge in [-0.25, -0.2) is 4.98 Å². The van der Waals surface area contributed by atoms with Crippen LogP contribution in [0.25, 0.3) is 5.76 Å². The Hall–Kier alpha value is -3.10. The monoisotopic (exact) mass is 452 g/mol. The number of Topliss-reactive ketones (excluding diaryl/α,β-unsaturated/α-hetero) is 2. The quantitative estimate of drug-likeness (QED) is 0.262. The Bertz CT molecular complexity index is 1250. The highest BCUT2D eigenvalue weighted by molar-refractivity contribution is 7.18. The Morgan fingerprint density at radius 3 is 2.52 bits per heavy atom. The van der Waals surface area contributed by atoms with Crippen molar-refractivity contribution < 1.29 is 19.5 Å². The van der Waals surface area contributed by atoms with Crippen LogP contribution < -0.4 is 4.90 Å². The van der Waals surface area contributed by atoms with Crippen molar-refractivity contribution in [1.29, 1.82) is 0 Å². The Kier molecular flexibility index (Phi) is 5.36. The van der Waals surface area contributed by atoms with E-state index in [1.165, 1.54) is 23.2 Å². The first kappa shape index (κ1) is 21.1. The van der Waals surface area contributed by atoms with E-state index >= 15 is 0 Å². The average molecular weight is 453 g/mol. The number of hydrogen-bond acceptors (Lipinski definition) is 7. The second-order valence-electron chi connectivity index (χ2n) is 7.47. The minimum Gasteiger partial charge on any atom is -0.507 e. The van der Waals surface area contributed by atoms with E-state index in [0.29, 0.717) is 16.1 Å². The Balaban J connectivity index is 1.95. The fourth-order valence-corrected chi connectivity index (χ4v) is 5.51. The van der Waals surface area contributed by atoms with Gasteiger partial charge in [-0.1, -0.05) is 35.1 Å². The summed E-state index contributed by atoms with van der Waals surface area (Å²) >= 11 is 2.46. The van der Waals surface area contributed by atoms with Crippen LogP contribution in [0.5, 0.6) is 0 Å². The molecular weight excluding hydrogens is 432 g/mol. The van der Waals surface area contributed by atoms with Gasteiger partial charge in [0.2, 0.25) is 0 Å². The number of carbonyl (C=O) groups is 3. The molecule has 1 aliphatic heterocycles. The van der Waals surface area contributed by atoms with Gasteiger partial charge in [0.25, 0.3) is 5.78 Å². The zero-order chi connectivity index (χ0) is 22.4. The molecule has 0 bridgehead atoms. The molecule has 0 radical (unpaired) electrons.